The van der Waals surface area contributed by atoms with Crippen LogP contribution in [0.15, 0.2) is 24.3 Å². The molecule has 1 unspecified atom stereocenters. The van der Waals surface area contributed by atoms with Gasteiger partial charge >= 0.3 is 0 Å². The monoisotopic (exact) mass is 279 g/mol. The van der Waals surface area contributed by atoms with Crippen molar-refractivity contribution in [1.82, 2.24) is 9.80 Å². The van der Waals surface area contributed by atoms with Gasteiger partial charge in [-0.1, -0.05) is 18.2 Å². The second-order valence-electron chi connectivity index (χ2n) is 6.59. The molecule has 1 aromatic rings. The molecular formula is C16H26FN3. The van der Waals surface area contributed by atoms with Crippen molar-refractivity contribution in [3.8, 4) is 0 Å². The van der Waals surface area contributed by atoms with Crippen LogP contribution in [0.4, 0.5) is 4.39 Å². The largest absolute Gasteiger partial charge is 0.323 e. The van der Waals surface area contributed by atoms with Crippen LogP contribution < -0.4 is 5.73 Å². The molecule has 1 fully saturated rings. The first kappa shape index (κ1) is 15.4. The lowest BCUT2D eigenvalue weighted by Crippen LogP contribution is -2.54. The van der Waals surface area contributed by atoms with Gasteiger partial charge in [0.15, 0.2) is 0 Å². The highest BCUT2D eigenvalue weighted by Crippen LogP contribution is 2.19. The quantitative estimate of drug-likeness (QED) is 0.921. The van der Waals surface area contributed by atoms with E-state index in [1.54, 1.807) is 12.1 Å². The molecule has 0 spiro atoms. The van der Waals surface area contributed by atoms with E-state index in [1.807, 2.05) is 6.07 Å². The molecule has 3 nitrogen and oxygen atoms in total. The number of hydrogen-bond acceptors (Lipinski definition) is 3. The molecule has 0 bridgehead atoms. The Morgan fingerprint density at radius 3 is 2.30 bits per heavy atom. The summed E-state index contributed by atoms with van der Waals surface area (Å²) in [5, 5.41) is 0. The van der Waals surface area contributed by atoms with Gasteiger partial charge in [-0.05, 0) is 26.8 Å². The molecule has 1 aliphatic heterocycles. The highest BCUT2D eigenvalue weighted by molar-refractivity contribution is 5.21. The van der Waals surface area contributed by atoms with Gasteiger partial charge in [0.1, 0.15) is 5.82 Å². The Hall–Kier alpha value is -0.970. The van der Waals surface area contributed by atoms with E-state index < -0.39 is 0 Å². The van der Waals surface area contributed by atoms with E-state index in [-0.39, 0.29) is 17.4 Å². The smallest absolute Gasteiger partial charge is 0.128 e. The highest BCUT2D eigenvalue weighted by Gasteiger charge is 2.26. The van der Waals surface area contributed by atoms with Crippen molar-refractivity contribution in [3.63, 3.8) is 0 Å². The molecule has 20 heavy (non-hydrogen) atoms. The Morgan fingerprint density at radius 1 is 1.15 bits per heavy atom. The van der Waals surface area contributed by atoms with E-state index in [0.717, 1.165) is 32.7 Å². The Balaban J connectivity index is 1.88. The van der Waals surface area contributed by atoms with Gasteiger partial charge in [-0.3, -0.25) is 9.80 Å². The lowest BCUT2D eigenvalue weighted by Gasteiger charge is -2.42. The maximum Gasteiger partial charge on any atom is 0.128 e. The van der Waals surface area contributed by atoms with Gasteiger partial charge in [-0.15, -0.1) is 0 Å². The number of rotatable bonds is 3. The predicted octanol–water partition coefficient (Wildman–Crippen LogP) is 2.24. The van der Waals surface area contributed by atoms with E-state index in [4.69, 9.17) is 5.73 Å². The Morgan fingerprint density at radius 2 is 1.75 bits per heavy atom. The summed E-state index contributed by atoms with van der Waals surface area (Å²) in [5.41, 5.74) is 6.99. The zero-order valence-electron chi connectivity index (χ0n) is 12.8. The summed E-state index contributed by atoms with van der Waals surface area (Å²) in [6.07, 6.45) is 0. The minimum absolute atomic E-state index is 0.201. The topological polar surface area (TPSA) is 32.5 Å². The molecule has 0 amide bonds. The first-order valence-electron chi connectivity index (χ1n) is 7.35. The average Bonchev–Trinajstić information content (AvgIpc) is 2.38. The van der Waals surface area contributed by atoms with Gasteiger partial charge in [-0.25, -0.2) is 4.39 Å². The summed E-state index contributed by atoms with van der Waals surface area (Å²) < 4.78 is 13.7. The third-order valence-electron chi connectivity index (χ3n) is 4.08. The Labute approximate surface area is 121 Å². The van der Waals surface area contributed by atoms with Crippen LogP contribution in [0.2, 0.25) is 0 Å². The number of nitrogens with zero attached hydrogens (tertiary/aromatic N) is 2. The lowest BCUT2D eigenvalue weighted by molar-refractivity contribution is 0.0597. The molecule has 1 saturated heterocycles. The minimum Gasteiger partial charge on any atom is -0.323 e. The highest BCUT2D eigenvalue weighted by atomic mass is 19.1. The fraction of sp³-hybridized carbons (Fsp3) is 0.625. The molecule has 112 valence electrons. The molecular weight excluding hydrogens is 253 g/mol. The molecule has 0 saturated carbocycles. The zero-order chi connectivity index (χ0) is 14.8. The molecule has 0 aliphatic carbocycles. The van der Waals surface area contributed by atoms with Crippen molar-refractivity contribution in [2.45, 2.75) is 32.4 Å². The molecule has 4 heteroatoms. The summed E-state index contributed by atoms with van der Waals surface area (Å²) in [6.45, 7) is 11.5. The predicted molar refractivity (Wildman–Crippen MR) is 81.1 cm³/mol. The molecule has 1 aliphatic rings. The van der Waals surface area contributed by atoms with Gasteiger partial charge < -0.3 is 5.73 Å². The van der Waals surface area contributed by atoms with Gasteiger partial charge in [0.2, 0.25) is 0 Å². The van der Waals surface area contributed by atoms with Crippen molar-refractivity contribution in [3.05, 3.63) is 35.6 Å². The third-order valence-corrected chi connectivity index (χ3v) is 4.08. The van der Waals surface area contributed by atoms with Crippen LogP contribution in [0.25, 0.3) is 0 Å². The maximum absolute atomic E-state index is 13.7. The van der Waals surface area contributed by atoms with Crippen molar-refractivity contribution >= 4 is 0 Å². The van der Waals surface area contributed by atoms with E-state index >= 15 is 0 Å². The van der Waals surface area contributed by atoms with Gasteiger partial charge in [0, 0.05) is 49.9 Å². The van der Waals surface area contributed by atoms with E-state index in [9.17, 15) is 4.39 Å². The van der Waals surface area contributed by atoms with Crippen LogP contribution in [0.1, 0.15) is 32.4 Å². The molecule has 2 N–H and O–H groups in total. The van der Waals surface area contributed by atoms with Crippen molar-refractivity contribution in [1.29, 1.82) is 0 Å². The standard InChI is InChI=1S/C16H26FN3/c1-16(2,3)20-10-8-19(9-11-20)12-15(18)13-6-4-5-7-14(13)17/h4-7,15H,8-12,18H2,1-3H3. The third kappa shape index (κ3) is 3.78. The molecule has 1 heterocycles. The van der Waals surface area contributed by atoms with Crippen LogP contribution in [0, 0.1) is 5.82 Å². The van der Waals surface area contributed by atoms with Crippen LogP contribution in [0.3, 0.4) is 0 Å². The van der Waals surface area contributed by atoms with Crippen LogP contribution in [-0.2, 0) is 0 Å². The van der Waals surface area contributed by atoms with Gasteiger partial charge in [0.05, 0.1) is 0 Å². The first-order chi connectivity index (χ1) is 9.38. The van der Waals surface area contributed by atoms with Crippen LogP contribution >= 0.6 is 0 Å². The molecule has 2 rings (SSSR count). The molecule has 1 atom stereocenters. The van der Waals surface area contributed by atoms with Crippen molar-refractivity contribution in [2.75, 3.05) is 32.7 Å². The van der Waals surface area contributed by atoms with E-state index in [1.165, 1.54) is 6.07 Å². The van der Waals surface area contributed by atoms with Gasteiger partial charge in [-0.2, -0.15) is 0 Å². The number of nitrogens with two attached hydrogens (primary N) is 1. The fourth-order valence-electron chi connectivity index (χ4n) is 2.75. The SMILES string of the molecule is CC(C)(C)N1CCN(CC(N)c2ccccc2F)CC1. The fourth-order valence-corrected chi connectivity index (χ4v) is 2.75. The number of benzene rings is 1. The van der Waals surface area contributed by atoms with Crippen LogP contribution in [0.5, 0.6) is 0 Å². The normalized spacial score (nSPS) is 20.1. The van der Waals surface area contributed by atoms with E-state index in [2.05, 4.69) is 30.6 Å². The Kier molecular flexibility index (Phi) is 4.78. The molecule has 0 aromatic heterocycles. The second-order valence-corrected chi connectivity index (χ2v) is 6.59. The van der Waals surface area contributed by atoms with Crippen molar-refractivity contribution in [2.24, 2.45) is 5.73 Å². The van der Waals surface area contributed by atoms with E-state index in [0.29, 0.717) is 5.56 Å². The lowest BCUT2D eigenvalue weighted by atomic mass is 10.0. The number of hydrogen-bond donors (Lipinski definition) is 1. The van der Waals surface area contributed by atoms with Crippen molar-refractivity contribution < 1.29 is 4.39 Å². The summed E-state index contributed by atoms with van der Waals surface area (Å²) in [7, 11) is 0. The first-order valence-corrected chi connectivity index (χ1v) is 7.35. The Bertz CT molecular complexity index is 434. The zero-order valence-corrected chi connectivity index (χ0v) is 12.8. The van der Waals surface area contributed by atoms with Gasteiger partial charge in [0.25, 0.3) is 0 Å². The van der Waals surface area contributed by atoms with Crippen LogP contribution in [-0.4, -0.2) is 48.1 Å². The second kappa shape index (κ2) is 6.20. The molecule has 1 aromatic carbocycles. The number of halogens is 1. The average molecular weight is 279 g/mol. The molecule has 0 radical (unpaired) electrons. The summed E-state index contributed by atoms with van der Waals surface area (Å²) in [6, 6.07) is 6.55. The summed E-state index contributed by atoms with van der Waals surface area (Å²) in [5.74, 6) is -0.201. The maximum atomic E-state index is 13.7. The number of piperazine rings is 1. The summed E-state index contributed by atoms with van der Waals surface area (Å²) >= 11 is 0. The minimum atomic E-state index is -0.252. The summed E-state index contributed by atoms with van der Waals surface area (Å²) in [4.78, 5) is 4.82.